The monoisotopic (exact) mass is 474 g/mol. The molecule has 34 heavy (non-hydrogen) atoms. The van der Waals surface area contributed by atoms with Crippen molar-refractivity contribution in [3.63, 3.8) is 0 Å². The summed E-state index contributed by atoms with van der Waals surface area (Å²) in [6, 6.07) is 1.82. The number of esters is 2. The van der Waals surface area contributed by atoms with E-state index >= 15 is 0 Å². The third kappa shape index (κ3) is 7.28. The second-order valence-electron chi connectivity index (χ2n) is 8.61. The average molecular weight is 475 g/mol. The summed E-state index contributed by atoms with van der Waals surface area (Å²) in [6.07, 6.45) is 12.3. The molecule has 0 bridgehead atoms. The van der Waals surface area contributed by atoms with Gasteiger partial charge >= 0.3 is 17.6 Å². The van der Waals surface area contributed by atoms with Crippen molar-refractivity contribution >= 4 is 29.1 Å². The lowest BCUT2D eigenvalue weighted by Crippen LogP contribution is -2.31. The summed E-state index contributed by atoms with van der Waals surface area (Å²) in [7, 11) is 0. The molecule has 0 amide bonds. The number of nitrogens with zero attached hydrogens (tertiary/aromatic N) is 2. The van der Waals surface area contributed by atoms with Gasteiger partial charge in [-0.3, -0.25) is 14.2 Å². The fourth-order valence-corrected chi connectivity index (χ4v) is 4.03. The zero-order valence-electron chi connectivity index (χ0n) is 20.2. The van der Waals surface area contributed by atoms with Crippen molar-refractivity contribution in [3.8, 4) is 0 Å². The van der Waals surface area contributed by atoms with Gasteiger partial charge in [0.2, 0.25) is 5.71 Å². The summed E-state index contributed by atoms with van der Waals surface area (Å²) in [6.45, 7) is 4.72. The van der Waals surface area contributed by atoms with Crippen LogP contribution in [0.1, 0.15) is 84.1 Å². The number of ether oxygens (including phenoxy) is 3. The number of rotatable bonds is 12. The van der Waals surface area contributed by atoms with E-state index < -0.39 is 36.1 Å². The van der Waals surface area contributed by atoms with Crippen LogP contribution in [0.4, 0.5) is 0 Å². The van der Waals surface area contributed by atoms with Crippen LogP contribution >= 0.6 is 0 Å². The van der Waals surface area contributed by atoms with Gasteiger partial charge in [-0.15, -0.1) is 0 Å². The van der Waals surface area contributed by atoms with E-state index in [4.69, 9.17) is 18.6 Å². The third-order valence-corrected chi connectivity index (χ3v) is 5.72. The van der Waals surface area contributed by atoms with Gasteiger partial charge in [0.15, 0.2) is 0 Å². The van der Waals surface area contributed by atoms with Crippen LogP contribution in [-0.4, -0.2) is 40.3 Å². The van der Waals surface area contributed by atoms with E-state index in [-0.39, 0.29) is 18.7 Å². The van der Waals surface area contributed by atoms with Crippen molar-refractivity contribution in [2.75, 3.05) is 6.61 Å². The number of carbonyl (C=O) groups excluding carboxylic acids is 2. The van der Waals surface area contributed by atoms with Crippen LogP contribution in [0.3, 0.4) is 0 Å². The molecule has 3 atom stereocenters. The number of carbonyl (C=O) groups is 2. The minimum atomic E-state index is -0.712. The van der Waals surface area contributed by atoms with Gasteiger partial charge < -0.3 is 18.6 Å². The zero-order valence-corrected chi connectivity index (χ0v) is 20.2. The number of unbranched alkanes of at least 4 members (excludes halogenated alkanes) is 6. The molecule has 2 aromatic heterocycles. The van der Waals surface area contributed by atoms with Crippen molar-refractivity contribution in [1.29, 1.82) is 0 Å². The van der Waals surface area contributed by atoms with Crippen LogP contribution < -0.4 is 5.69 Å². The zero-order chi connectivity index (χ0) is 24.5. The van der Waals surface area contributed by atoms with E-state index in [1.807, 2.05) is 12.1 Å². The van der Waals surface area contributed by atoms with Gasteiger partial charge in [0.25, 0.3) is 0 Å². The second kappa shape index (κ2) is 12.5. The lowest BCUT2D eigenvalue weighted by Gasteiger charge is -2.17. The molecule has 0 saturated carbocycles. The number of hydrogen-bond acceptors (Lipinski definition) is 8. The molecule has 0 unspecified atom stereocenters. The van der Waals surface area contributed by atoms with Crippen molar-refractivity contribution in [2.45, 2.75) is 90.6 Å². The Morgan fingerprint density at radius 2 is 1.94 bits per heavy atom. The number of furan rings is 1. The summed E-state index contributed by atoms with van der Waals surface area (Å²) in [5.74, 6) is -0.317. The topological polar surface area (TPSA) is 110 Å². The molecule has 0 radical (unpaired) electrons. The van der Waals surface area contributed by atoms with Gasteiger partial charge in [0.05, 0.1) is 5.39 Å². The molecule has 0 N–H and O–H groups in total. The highest BCUT2D eigenvalue weighted by Gasteiger charge is 2.39. The molecule has 1 saturated heterocycles. The van der Waals surface area contributed by atoms with Crippen LogP contribution in [0.5, 0.6) is 0 Å². The smallest absolute Gasteiger partial charge is 0.353 e. The normalized spacial score (nSPS) is 20.3. The van der Waals surface area contributed by atoms with Crippen molar-refractivity contribution in [1.82, 2.24) is 9.55 Å². The predicted octanol–water partition coefficient (Wildman–Crippen LogP) is 4.54. The molecule has 0 aromatic carbocycles. The Morgan fingerprint density at radius 1 is 1.18 bits per heavy atom. The van der Waals surface area contributed by atoms with Crippen LogP contribution in [0, 0.1) is 0 Å². The van der Waals surface area contributed by atoms with Gasteiger partial charge in [0.1, 0.15) is 30.8 Å². The first-order chi connectivity index (χ1) is 16.4. The quantitative estimate of drug-likeness (QED) is 0.326. The van der Waals surface area contributed by atoms with Crippen molar-refractivity contribution < 1.29 is 28.2 Å². The van der Waals surface area contributed by atoms with E-state index in [2.05, 4.69) is 18.0 Å². The third-order valence-electron chi connectivity index (χ3n) is 5.72. The molecule has 0 aliphatic carbocycles. The standard InChI is InChI=1S/C25H34N2O7/c1-4-5-6-7-8-9-10-11-12-20-13-19-15-27(25(30)26-24(19)33-20)23-14-21(32-18(3)29)22(34-23)16-31-17(2)28/h11-13,15,21-23H,4-10,14,16H2,1-3H3/b12-11-/t21-,22+,23+/m0/s1. The average Bonchev–Trinajstić information content (AvgIpc) is 3.36. The lowest BCUT2D eigenvalue weighted by molar-refractivity contribution is -0.155. The van der Waals surface area contributed by atoms with E-state index in [1.165, 1.54) is 50.5 Å². The first-order valence-corrected chi connectivity index (χ1v) is 12.0. The Labute approximate surface area is 199 Å². The van der Waals surface area contributed by atoms with Gasteiger partial charge in [0, 0.05) is 26.5 Å². The minimum Gasteiger partial charge on any atom is -0.463 e. The van der Waals surface area contributed by atoms with Crippen LogP contribution in [0.2, 0.25) is 0 Å². The van der Waals surface area contributed by atoms with Crippen LogP contribution in [0.25, 0.3) is 17.2 Å². The first kappa shape index (κ1) is 25.7. The Hall–Kier alpha value is -2.94. The molecule has 1 fully saturated rings. The summed E-state index contributed by atoms with van der Waals surface area (Å²) < 4.78 is 23.3. The molecular formula is C25H34N2O7. The van der Waals surface area contributed by atoms with E-state index in [0.717, 1.165) is 12.8 Å². The van der Waals surface area contributed by atoms with Crippen molar-refractivity contribution in [3.05, 3.63) is 34.6 Å². The minimum absolute atomic E-state index is 0.0759. The number of allylic oxidation sites excluding steroid dienone is 1. The van der Waals surface area contributed by atoms with Crippen LogP contribution in [-0.2, 0) is 23.8 Å². The highest BCUT2D eigenvalue weighted by atomic mass is 16.6. The maximum atomic E-state index is 12.6. The number of fused-ring (bicyclic) bond motifs is 1. The summed E-state index contributed by atoms with van der Waals surface area (Å²) in [5, 5.41) is 0.662. The Bertz CT molecular complexity index is 1060. The Kier molecular flexibility index (Phi) is 9.44. The second-order valence-corrected chi connectivity index (χ2v) is 8.61. The molecule has 186 valence electrons. The molecule has 0 spiro atoms. The Morgan fingerprint density at radius 3 is 2.68 bits per heavy atom. The highest BCUT2D eigenvalue weighted by Crippen LogP contribution is 2.31. The summed E-state index contributed by atoms with van der Waals surface area (Å²) >= 11 is 0. The Balaban J connectivity index is 1.66. The molecule has 3 rings (SSSR count). The SMILES string of the molecule is CCCCCCCC/C=C\c1cc2cn([C@H]3C[C@H](OC(C)=O)[C@@H](COC(C)=O)O3)c(=O)nc2o1. The van der Waals surface area contributed by atoms with Gasteiger partial charge in [-0.1, -0.05) is 45.1 Å². The molecule has 1 aliphatic rings. The summed E-state index contributed by atoms with van der Waals surface area (Å²) in [5.41, 5.74) is -0.282. The maximum Gasteiger partial charge on any atom is 0.353 e. The van der Waals surface area contributed by atoms with Gasteiger partial charge in [-0.05, 0) is 25.0 Å². The van der Waals surface area contributed by atoms with Gasteiger partial charge in [-0.2, -0.15) is 4.98 Å². The molecule has 9 heteroatoms. The van der Waals surface area contributed by atoms with E-state index in [9.17, 15) is 14.4 Å². The highest BCUT2D eigenvalue weighted by molar-refractivity contribution is 5.75. The lowest BCUT2D eigenvalue weighted by atomic mass is 10.1. The maximum absolute atomic E-state index is 12.6. The number of hydrogen-bond donors (Lipinski definition) is 0. The molecule has 3 heterocycles. The molecular weight excluding hydrogens is 440 g/mol. The fraction of sp³-hybridized carbons (Fsp3) is 0.600. The molecule has 2 aromatic rings. The van der Waals surface area contributed by atoms with E-state index in [0.29, 0.717) is 11.1 Å². The van der Waals surface area contributed by atoms with E-state index in [1.54, 1.807) is 6.20 Å². The predicted molar refractivity (Wildman–Crippen MR) is 126 cm³/mol. The van der Waals surface area contributed by atoms with Gasteiger partial charge in [-0.25, -0.2) is 4.79 Å². The number of aromatic nitrogens is 2. The first-order valence-electron chi connectivity index (χ1n) is 12.0. The summed E-state index contributed by atoms with van der Waals surface area (Å²) in [4.78, 5) is 39.3. The van der Waals surface area contributed by atoms with Crippen LogP contribution in [0.15, 0.2) is 27.6 Å². The molecule has 1 aliphatic heterocycles. The largest absolute Gasteiger partial charge is 0.463 e. The molecule has 9 nitrogen and oxygen atoms in total. The fourth-order valence-electron chi connectivity index (χ4n) is 4.03. The van der Waals surface area contributed by atoms with Crippen molar-refractivity contribution in [2.24, 2.45) is 0 Å².